The van der Waals surface area contributed by atoms with Crippen molar-refractivity contribution >= 4 is 5.91 Å². The van der Waals surface area contributed by atoms with E-state index in [1.54, 1.807) is 0 Å². The van der Waals surface area contributed by atoms with Gasteiger partial charge in [-0.3, -0.25) is 4.79 Å². The highest BCUT2D eigenvalue weighted by molar-refractivity contribution is 5.76. The van der Waals surface area contributed by atoms with Crippen molar-refractivity contribution in [1.29, 1.82) is 0 Å². The zero-order valence-electron chi connectivity index (χ0n) is 32.0. The molecule has 10 nitrogen and oxygen atoms in total. The first-order valence-electron chi connectivity index (χ1n) is 20.8. The minimum Gasteiger partial charge on any atom is -0.394 e. The molecule has 50 heavy (non-hydrogen) atoms. The zero-order chi connectivity index (χ0) is 36.8. The lowest BCUT2D eigenvalue weighted by atomic mass is 9.98. The molecule has 0 radical (unpaired) electrons. The molecule has 7 N–H and O–H groups in total. The average molecular weight is 718 g/mol. The molecule has 0 aromatic heterocycles. The van der Waals surface area contributed by atoms with Crippen LogP contribution in [0.25, 0.3) is 0 Å². The number of hydrogen-bond acceptors (Lipinski definition) is 9. The van der Waals surface area contributed by atoms with E-state index in [1.807, 2.05) is 0 Å². The Bertz CT molecular complexity index is 773. The van der Waals surface area contributed by atoms with E-state index in [0.717, 1.165) is 44.9 Å². The van der Waals surface area contributed by atoms with Crippen molar-refractivity contribution in [2.45, 2.75) is 236 Å². The third kappa shape index (κ3) is 22.3. The Labute approximate surface area is 305 Å². The minimum atomic E-state index is -1.60. The molecule has 1 amide bonds. The average Bonchev–Trinajstić information content (AvgIpc) is 3.11. The summed E-state index contributed by atoms with van der Waals surface area (Å²) in [6.45, 7) is 3.58. The lowest BCUT2D eigenvalue weighted by Gasteiger charge is -2.40. The van der Waals surface area contributed by atoms with Gasteiger partial charge in [-0.2, -0.15) is 0 Å². The van der Waals surface area contributed by atoms with Gasteiger partial charge in [0.1, 0.15) is 30.5 Å². The van der Waals surface area contributed by atoms with E-state index >= 15 is 0 Å². The predicted octanol–water partition coefficient (Wildman–Crippen LogP) is 6.58. The van der Waals surface area contributed by atoms with Crippen molar-refractivity contribution in [2.24, 2.45) is 0 Å². The molecule has 0 aliphatic carbocycles. The van der Waals surface area contributed by atoms with E-state index in [1.165, 1.54) is 116 Å². The second kappa shape index (κ2) is 31.7. The number of rotatable bonds is 34. The first kappa shape index (κ1) is 47.2. The maximum atomic E-state index is 12.9. The van der Waals surface area contributed by atoms with Gasteiger partial charge in [0.15, 0.2) is 6.29 Å². The van der Waals surface area contributed by atoms with Crippen LogP contribution in [-0.4, -0.2) is 98.7 Å². The summed E-state index contributed by atoms with van der Waals surface area (Å²) in [5.41, 5.74) is 0. The lowest BCUT2D eigenvalue weighted by Crippen LogP contribution is -2.60. The van der Waals surface area contributed by atoms with Crippen LogP contribution in [-0.2, 0) is 14.3 Å². The van der Waals surface area contributed by atoms with Crippen LogP contribution in [0.2, 0.25) is 0 Å². The molecule has 298 valence electrons. The maximum absolute atomic E-state index is 12.9. The number of amides is 1. The first-order chi connectivity index (χ1) is 24.3. The molecule has 1 saturated heterocycles. The van der Waals surface area contributed by atoms with Gasteiger partial charge in [0.2, 0.25) is 5.91 Å². The Morgan fingerprint density at radius 3 is 1.48 bits per heavy atom. The molecule has 1 aliphatic rings. The van der Waals surface area contributed by atoms with Gasteiger partial charge in [0, 0.05) is 6.42 Å². The fourth-order valence-electron chi connectivity index (χ4n) is 6.84. The molecule has 8 unspecified atom stereocenters. The number of unbranched alkanes of at least 4 members (excludes halogenated alkanes) is 23. The van der Waals surface area contributed by atoms with Gasteiger partial charge in [-0.05, 0) is 12.8 Å². The quantitative estimate of drug-likeness (QED) is 0.0364. The van der Waals surface area contributed by atoms with Gasteiger partial charge < -0.3 is 45.4 Å². The number of aliphatic hydroxyl groups is 6. The van der Waals surface area contributed by atoms with Gasteiger partial charge in [0.25, 0.3) is 0 Å². The summed E-state index contributed by atoms with van der Waals surface area (Å²) in [5.74, 6) is -0.257. The third-order valence-electron chi connectivity index (χ3n) is 10.3. The molecule has 0 spiro atoms. The van der Waals surface area contributed by atoms with Gasteiger partial charge in [-0.25, -0.2) is 0 Å². The molecule has 8 atom stereocenters. The highest BCUT2D eigenvalue weighted by atomic mass is 16.7. The molecule has 0 bridgehead atoms. The standard InChI is InChI=1S/C40H79NO9/c1-3-5-7-9-11-13-15-17-19-21-23-25-27-29-35(44)41-32(31-49-40-39(48)38(47)37(46)34(30-42)50-40)36(45)33(43)28-26-24-22-20-18-16-14-12-10-8-6-4-2/h32-34,36-40,42-43,45-48H,3-31H2,1-2H3,(H,41,44). The van der Waals surface area contributed by atoms with Gasteiger partial charge in [-0.1, -0.05) is 168 Å². The normalized spacial score (nSPS) is 22.8. The number of hydrogen-bond donors (Lipinski definition) is 7. The number of aliphatic hydroxyl groups excluding tert-OH is 6. The molecule has 1 heterocycles. The number of ether oxygens (including phenoxy) is 2. The van der Waals surface area contributed by atoms with E-state index in [4.69, 9.17) is 9.47 Å². The highest BCUT2D eigenvalue weighted by Crippen LogP contribution is 2.23. The van der Waals surface area contributed by atoms with Gasteiger partial charge in [-0.15, -0.1) is 0 Å². The summed E-state index contributed by atoms with van der Waals surface area (Å²) >= 11 is 0. The lowest BCUT2D eigenvalue weighted by molar-refractivity contribution is -0.303. The SMILES string of the molecule is CCCCCCCCCCCCCCCC(=O)NC(COC1OC(CO)C(O)C(O)C1O)C(O)C(O)CCCCCCCCCCCCCC. The van der Waals surface area contributed by atoms with E-state index in [-0.39, 0.29) is 18.9 Å². The fourth-order valence-corrected chi connectivity index (χ4v) is 6.84. The molecule has 1 rings (SSSR count). The second-order valence-corrected chi connectivity index (χ2v) is 14.9. The monoisotopic (exact) mass is 718 g/mol. The van der Waals surface area contributed by atoms with Crippen molar-refractivity contribution in [3.05, 3.63) is 0 Å². The summed E-state index contributed by atoms with van der Waals surface area (Å²) in [7, 11) is 0. The van der Waals surface area contributed by atoms with Crippen LogP contribution >= 0.6 is 0 Å². The Balaban J connectivity index is 2.46. The van der Waals surface area contributed by atoms with E-state index in [0.29, 0.717) is 6.42 Å². The van der Waals surface area contributed by atoms with Crippen LogP contribution in [0.3, 0.4) is 0 Å². The fraction of sp³-hybridized carbons (Fsp3) is 0.975. The Kier molecular flexibility index (Phi) is 29.9. The van der Waals surface area contributed by atoms with Crippen molar-refractivity contribution in [2.75, 3.05) is 13.2 Å². The highest BCUT2D eigenvalue weighted by Gasteiger charge is 2.44. The van der Waals surface area contributed by atoms with Gasteiger partial charge in [0.05, 0.1) is 25.4 Å². The molecule has 0 saturated carbocycles. The van der Waals surface area contributed by atoms with Crippen molar-refractivity contribution in [3.8, 4) is 0 Å². The molecule has 1 fully saturated rings. The predicted molar refractivity (Wildman–Crippen MR) is 200 cm³/mol. The molecule has 1 aliphatic heterocycles. The molecule has 0 aromatic carbocycles. The maximum Gasteiger partial charge on any atom is 0.220 e. The summed E-state index contributed by atoms with van der Waals surface area (Å²) < 4.78 is 11.1. The number of carbonyl (C=O) groups is 1. The van der Waals surface area contributed by atoms with Crippen molar-refractivity contribution in [1.82, 2.24) is 5.32 Å². The second-order valence-electron chi connectivity index (χ2n) is 14.9. The summed E-state index contributed by atoms with van der Waals surface area (Å²) in [4.78, 5) is 12.9. The molecule has 0 aromatic rings. The number of carbonyl (C=O) groups excluding carboxylic acids is 1. The largest absolute Gasteiger partial charge is 0.394 e. The Hall–Kier alpha value is -0.850. The van der Waals surface area contributed by atoms with Crippen LogP contribution in [0.1, 0.15) is 187 Å². The van der Waals surface area contributed by atoms with E-state index < -0.39 is 55.6 Å². The van der Waals surface area contributed by atoms with Crippen molar-refractivity contribution in [3.63, 3.8) is 0 Å². The molecular weight excluding hydrogens is 638 g/mol. The third-order valence-corrected chi connectivity index (χ3v) is 10.3. The first-order valence-corrected chi connectivity index (χ1v) is 20.8. The van der Waals surface area contributed by atoms with Crippen LogP contribution < -0.4 is 5.32 Å². The Morgan fingerprint density at radius 1 is 0.620 bits per heavy atom. The minimum absolute atomic E-state index is 0.257. The topological polar surface area (TPSA) is 169 Å². The van der Waals surface area contributed by atoms with Crippen molar-refractivity contribution < 1.29 is 44.9 Å². The molecule has 10 heteroatoms. The smallest absolute Gasteiger partial charge is 0.220 e. The van der Waals surface area contributed by atoms with Gasteiger partial charge >= 0.3 is 0 Å². The van der Waals surface area contributed by atoms with Crippen LogP contribution in [0.4, 0.5) is 0 Å². The van der Waals surface area contributed by atoms with Crippen LogP contribution in [0.15, 0.2) is 0 Å². The Morgan fingerprint density at radius 2 is 1.04 bits per heavy atom. The summed E-state index contributed by atoms with van der Waals surface area (Å²) in [6, 6.07) is -0.982. The van der Waals surface area contributed by atoms with E-state index in [9.17, 15) is 35.4 Å². The number of nitrogens with one attached hydrogen (secondary N) is 1. The summed E-state index contributed by atoms with van der Waals surface area (Å²) in [5, 5.41) is 64.9. The summed E-state index contributed by atoms with van der Waals surface area (Å²) in [6.07, 6.45) is 21.1. The molecular formula is C40H79NO9. The van der Waals surface area contributed by atoms with E-state index in [2.05, 4.69) is 19.2 Å². The zero-order valence-corrected chi connectivity index (χ0v) is 32.0. The van der Waals surface area contributed by atoms with Crippen LogP contribution in [0.5, 0.6) is 0 Å². The van der Waals surface area contributed by atoms with Crippen LogP contribution in [0, 0.1) is 0 Å².